The molecule has 0 heterocycles. The van der Waals surface area contributed by atoms with Crippen molar-refractivity contribution in [1.82, 2.24) is 5.32 Å². The maximum atomic E-state index is 9.30. The predicted octanol–water partition coefficient (Wildman–Crippen LogP) is 1.98. The van der Waals surface area contributed by atoms with E-state index in [2.05, 4.69) is 21.2 Å². The van der Waals surface area contributed by atoms with Crippen LogP contribution in [0, 0.1) is 0 Å². The van der Waals surface area contributed by atoms with E-state index in [-0.39, 0.29) is 5.75 Å². The summed E-state index contributed by atoms with van der Waals surface area (Å²) >= 11 is 3.29. The van der Waals surface area contributed by atoms with Crippen LogP contribution in [0.25, 0.3) is 0 Å². The number of halogens is 1. The molecule has 0 fully saturated rings. The van der Waals surface area contributed by atoms with Gasteiger partial charge >= 0.3 is 0 Å². The Labute approximate surface area is 98.8 Å². The summed E-state index contributed by atoms with van der Waals surface area (Å²) in [4.78, 5) is 0. The van der Waals surface area contributed by atoms with Crippen molar-refractivity contribution in [3.63, 3.8) is 0 Å². The molecule has 84 valence electrons. The first-order chi connectivity index (χ1) is 7.24. The van der Waals surface area contributed by atoms with Crippen molar-refractivity contribution in [2.24, 2.45) is 5.73 Å². The molecule has 0 spiro atoms. The fourth-order valence-electron chi connectivity index (χ4n) is 1.29. The Morgan fingerprint density at radius 2 is 2.13 bits per heavy atom. The van der Waals surface area contributed by atoms with Gasteiger partial charge in [-0.2, -0.15) is 0 Å². The van der Waals surface area contributed by atoms with Gasteiger partial charge in [0.2, 0.25) is 0 Å². The minimum atomic E-state index is 0.280. The first-order valence-corrected chi connectivity index (χ1v) is 5.91. The number of unbranched alkanes of at least 4 members (excludes halogenated alkanes) is 1. The average molecular weight is 273 g/mol. The Kier molecular flexibility index (Phi) is 5.68. The maximum absolute atomic E-state index is 9.30. The average Bonchev–Trinajstić information content (AvgIpc) is 2.23. The minimum absolute atomic E-state index is 0.280. The molecular weight excluding hydrogens is 256 g/mol. The van der Waals surface area contributed by atoms with Crippen molar-refractivity contribution < 1.29 is 5.11 Å². The predicted molar refractivity (Wildman–Crippen MR) is 65.8 cm³/mol. The second-order valence-corrected chi connectivity index (χ2v) is 4.31. The van der Waals surface area contributed by atoms with Gasteiger partial charge < -0.3 is 16.2 Å². The van der Waals surface area contributed by atoms with Gasteiger partial charge in [-0.1, -0.05) is 6.07 Å². The molecule has 1 aromatic carbocycles. The molecule has 0 aliphatic heterocycles. The van der Waals surface area contributed by atoms with Crippen LogP contribution >= 0.6 is 15.9 Å². The Bertz CT molecular complexity index is 305. The third-order valence-electron chi connectivity index (χ3n) is 2.15. The molecule has 0 saturated carbocycles. The van der Waals surface area contributed by atoms with Crippen LogP contribution < -0.4 is 11.1 Å². The SMILES string of the molecule is NCCCCNCc1ccc(O)c(Br)c1. The minimum Gasteiger partial charge on any atom is -0.507 e. The van der Waals surface area contributed by atoms with Gasteiger partial charge in [-0.3, -0.25) is 0 Å². The monoisotopic (exact) mass is 272 g/mol. The lowest BCUT2D eigenvalue weighted by Gasteiger charge is -2.05. The van der Waals surface area contributed by atoms with Crippen LogP contribution in [0.2, 0.25) is 0 Å². The number of benzene rings is 1. The highest BCUT2D eigenvalue weighted by molar-refractivity contribution is 9.10. The highest BCUT2D eigenvalue weighted by Crippen LogP contribution is 2.24. The zero-order chi connectivity index (χ0) is 11.1. The van der Waals surface area contributed by atoms with Gasteiger partial charge in [0, 0.05) is 6.54 Å². The van der Waals surface area contributed by atoms with E-state index in [1.807, 2.05) is 12.1 Å². The van der Waals surface area contributed by atoms with E-state index in [4.69, 9.17) is 5.73 Å². The number of rotatable bonds is 6. The summed E-state index contributed by atoms with van der Waals surface area (Å²) in [6.45, 7) is 2.56. The molecule has 0 bridgehead atoms. The lowest BCUT2D eigenvalue weighted by atomic mass is 10.2. The normalized spacial score (nSPS) is 10.5. The Morgan fingerprint density at radius 3 is 2.80 bits per heavy atom. The van der Waals surface area contributed by atoms with Crippen LogP contribution in [-0.4, -0.2) is 18.2 Å². The van der Waals surface area contributed by atoms with Gasteiger partial charge in [-0.05, 0) is 59.6 Å². The van der Waals surface area contributed by atoms with E-state index < -0.39 is 0 Å². The Balaban J connectivity index is 2.28. The number of phenols is 1. The highest BCUT2D eigenvalue weighted by atomic mass is 79.9. The van der Waals surface area contributed by atoms with Crippen LogP contribution in [-0.2, 0) is 6.54 Å². The van der Waals surface area contributed by atoms with E-state index in [1.54, 1.807) is 6.07 Å². The molecule has 15 heavy (non-hydrogen) atoms. The van der Waals surface area contributed by atoms with E-state index in [0.717, 1.165) is 42.5 Å². The first kappa shape index (κ1) is 12.5. The molecule has 0 aliphatic rings. The van der Waals surface area contributed by atoms with Crippen molar-refractivity contribution in [1.29, 1.82) is 0 Å². The van der Waals surface area contributed by atoms with Crippen LogP contribution in [0.15, 0.2) is 22.7 Å². The van der Waals surface area contributed by atoms with Crippen LogP contribution in [0.4, 0.5) is 0 Å². The van der Waals surface area contributed by atoms with Crippen molar-refractivity contribution in [3.8, 4) is 5.75 Å². The van der Waals surface area contributed by atoms with Crippen molar-refractivity contribution in [3.05, 3.63) is 28.2 Å². The molecular formula is C11H17BrN2O. The quantitative estimate of drug-likeness (QED) is 0.695. The molecule has 0 aliphatic carbocycles. The molecule has 3 nitrogen and oxygen atoms in total. The second kappa shape index (κ2) is 6.82. The zero-order valence-corrected chi connectivity index (χ0v) is 10.3. The lowest BCUT2D eigenvalue weighted by Crippen LogP contribution is -2.15. The molecule has 0 radical (unpaired) electrons. The van der Waals surface area contributed by atoms with Gasteiger partial charge in [-0.15, -0.1) is 0 Å². The molecule has 0 saturated heterocycles. The molecule has 4 N–H and O–H groups in total. The van der Waals surface area contributed by atoms with Gasteiger partial charge in [0.05, 0.1) is 4.47 Å². The summed E-state index contributed by atoms with van der Waals surface area (Å²) in [7, 11) is 0. The highest BCUT2D eigenvalue weighted by Gasteiger charge is 1.98. The summed E-state index contributed by atoms with van der Waals surface area (Å²) in [6, 6.07) is 5.53. The second-order valence-electron chi connectivity index (χ2n) is 3.46. The summed E-state index contributed by atoms with van der Waals surface area (Å²) < 4.78 is 0.740. The van der Waals surface area contributed by atoms with Crippen molar-refractivity contribution >= 4 is 15.9 Å². The summed E-state index contributed by atoms with van der Waals surface area (Å²) in [5.41, 5.74) is 6.56. The number of phenolic OH excluding ortho intramolecular Hbond substituents is 1. The maximum Gasteiger partial charge on any atom is 0.129 e. The molecule has 1 aromatic rings. The van der Waals surface area contributed by atoms with Crippen LogP contribution in [0.3, 0.4) is 0 Å². The van der Waals surface area contributed by atoms with Crippen molar-refractivity contribution in [2.45, 2.75) is 19.4 Å². The van der Waals surface area contributed by atoms with Gasteiger partial charge in [-0.25, -0.2) is 0 Å². The summed E-state index contributed by atoms with van der Waals surface area (Å²) in [5.74, 6) is 0.280. The van der Waals surface area contributed by atoms with Crippen molar-refractivity contribution in [2.75, 3.05) is 13.1 Å². The molecule has 4 heteroatoms. The summed E-state index contributed by atoms with van der Waals surface area (Å²) in [5, 5.41) is 12.6. The lowest BCUT2D eigenvalue weighted by molar-refractivity contribution is 0.471. The molecule has 0 aromatic heterocycles. The van der Waals surface area contributed by atoms with E-state index in [0.29, 0.717) is 0 Å². The zero-order valence-electron chi connectivity index (χ0n) is 8.67. The van der Waals surface area contributed by atoms with Crippen LogP contribution in [0.5, 0.6) is 5.75 Å². The fraction of sp³-hybridized carbons (Fsp3) is 0.455. The first-order valence-electron chi connectivity index (χ1n) is 5.12. The van der Waals surface area contributed by atoms with E-state index in [9.17, 15) is 5.11 Å². The standard InChI is InChI=1S/C11H17BrN2O/c12-10-7-9(3-4-11(10)15)8-14-6-2-1-5-13/h3-4,7,14-15H,1-2,5-6,8,13H2. The largest absolute Gasteiger partial charge is 0.507 e. The van der Waals surface area contributed by atoms with Gasteiger partial charge in [0.1, 0.15) is 5.75 Å². The molecule has 0 amide bonds. The fourth-order valence-corrected chi connectivity index (χ4v) is 1.71. The molecule has 0 unspecified atom stereocenters. The van der Waals surface area contributed by atoms with E-state index >= 15 is 0 Å². The number of hydrogen-bond acceptors (Lipinski definition) is 3. The van der Waals surface area contributed by atoms with E-state index in [1.165, 1.54) is 0 Å². The number of nitrogens with two attached hydrogens (primary N) is 1. The third kappa shape index (κ3) is 4.64. The Hall–Kier alpha value is -0.580. The van der Waals surface area contributed by atoms with Gasteiger partial charge in [0.25, 0.3) is 0 Å². The number of hydrogen-bond donors (Lipinski definition) is 3. The molecule has 0 atom stereocenters. The van der Waals surface area contributed by atoms with Gasteiger partial charge in [0.15, 0.2) is 0 Å². The Morgan fingerprint density at radius 1 is 1.33 bits per heavy atom. The number of nitrogens with one attached hydrogen (secondary N) is 1. The summed E-state index contributed by atoms with van der Waals surface area (Å²) in [6.07, 6.45) is 2.17. The van der Waals surface area contributed by atoms with Crippen LogP contribution in [0.1, 0.15) is 18.4 Å². The third-order valence-corrected chi connectivity index (χ3v) is 2.78. The topological polar surface area (TPSA) is 58.3 Å². The number of aromatic hydroxyl groups is 1. The molecule has 1 rings (SSSR count). The smallest absolute Gasteiger partial charge is 0.129 e.